The second kappa shape index (κ2) is 7.77. The lowest BCUT2D eigenvalue weighted by molar-refractivity contribution is 0.0702. The molecule has 0 bridgehead atoms. The maximum atomic E-state index is 12.7. The lowest BCUT2D eigenvalue weighted by atomic mass is 10.2. The number of anilines is 1. The molecule has 138 valence electrons. The lowest BCUT2D eigenvalue weighted by Gasteiger charge is -2.26. The molecule has 2 aromatic rings. The van der Waals surface area contributed by atoms with Gasteiger partial charge < -0.3 is 10.2 Å². The van der Waals surface area contributed by atoms with Crippen molar-refractivity contribution in [1.29, 1.82) is 0 Å². The van der Waals surface area contributed by atoms with Crippen LogP contribution in [0.3, 0.4) is 0 Å². The highest BCUT2D eigenvalue weighted by molar-refractivity contribution is 7.91. The summed E-state index contributed by atoms with van der Waals surface area (Å²) in [6.07, 6.45) is 6.86. The Kier molecular flexibility index (Phi) is 5.46. The third-order valence-corrected chi connectivity index (χ3v) is 6.07. The number of rotatable bonds is 6. The number of carbonyl (C=O) groups is 1. The van der Waals surface area contributed by atoms with Crippen molar-refractivity contribution in [2.24, 2.45) is 0 Å². The molecular weight excluding hydrogens is 354 g/mol. The van der Waals surface area contributed by atoms with E-state index in [-0.39, 0.29) is 29.1 Å². The predicted molar refractivity (Wildman–Crippen MR) is 97.4 cm³/mol. The van der Waals surface area contributed by atoms with Crippen molar-refractivity contribution in [3.05, 3.63) is 48.2 Å². The van der Waals surface area contributed by atoms with Crippen molar-refractivity contribution >= 4 is 21.6 Å². The second-order valence-electron chi connectivity index (χ2n) is 6.15. The molecule has 0 aromatic carbocycles. The van der Waals surface area contributed by atoms with Gasteiger partial charge in [0.15, 0.2) is 9.84 Å². The van der Waals surface area contributed by atoms with E-state index in [4.69, 9.17) is 0 Å². The van der Waals surface area contributed by atoms with E-state index in [0.29, 0.717) is 25.3 Å². The van der Waals surface area contributed by atoms with Crippen molar-refractivity contribution in [2.45, 2.75) is 25.9 Å². The van der Waals surface area contributed by atoms with Gasteiger partial charge in [0.2, 0.25) is 0 Å². The van der Waals surface area contributed by atoms with E-state index in [1.807, 2.05) is 19.1 Å². The Hall–Kier alpha value is -2.55. The smallest absolute Gasteiger partial charge is 0.274 e. The van der Waals surface area contributed by atoms with Crippen molar-refractivity contribution in [3.63, 3.8) is 0 Å². The van der Waals surface area contributed by atoms with Crippen molar-refractivity contribution in [3.8, 4) is 0 Å². The number of sulfone groups is 1. The van der Waals surface area contributed by atoms with Crippen LogP contribution in [0.5, 0.6) is 0 Å². The highest BCUT2D eigenvalue weighted by Crippen LogP contribution is 2.19. The Bertz CT molecular complexity index is 856. The zero-order chi connectivity index (χ0) is 18.6. The van der Waals surface area contributed by atoms with Gasteiger partial charge in [-0.25, -0.2) is 18.4 Å². The van der Waals surface area contributed by atoms with Crippen molar-refractivity contribution in [1.82, 2.24) is 19.9 Å². The summed E-state index contributed by atoms with van der Waals surface area (Å²) in [5.74, 6) is 0.410. The van der Waals surface area contributed by atoms with Crippen molar-refractivity contribution in [2.75, 3.05) is 23.4 Å². The van der Waals surface area contributed by atoms with Gasteiger partial charge in [0.25, 0.3) is 5.91 Å². The van der Waals surface area contributed by atoms with E-state index >= 15 is 0 Å². The quantitative estimate of drug-likeness (QED) is 0.807. The molecule has 8 nitrogen and oxygen atoms in total. The fourth-order valence-corrected chi connectivity index (χ4v) is 4.69. The summed E-state index contributed by atoms with van der Waals surface area (Å²) >= 11 is 0. The van der Waals surface area contributed by atoms with Gasteiger partial charge in [0, 0.05) is 31.5 Å². The molecule has 1 fully saturated rings. The molecule has 0 aliphatic carbocycles. The van der Waals surface area contributed by atoms with Gasteiger partial charge in [0.1, 0.15) is 11.5 Å². The summed E-state index contributed by atoms with van der Waals surface area (Å²) < 4.78 is 23.4. The van der Waals surface area contributed by atoms with Crippen LogP contribution in [-0.4, -0.2) is 58.3 Å². The maximum Gasteiger partial charge on any atom is 0.274 e. The fraction of sp³-hybridized carbons (Fsp3) is 0.412. The maximum absolute atomic E-state index is 12.7. The average molecular weight is 375 g/mol. The van der Waals surface area contributed by atoms with E-state index in [1.54, 1.807) is 17.3 Å². The number of hydrogen-bond donors (Lipinski definition) is 1. The number of aromatic nitrogens is 3. The summed E-state index contributed by atoms with van der Waals surface area (Å²) in [5, 5.41) is 3.12. The minimum atomic E-state index is -3.05. The van der Waals surface area contributed by atoms with Gasteiger partial charge in [-0.05, 0) is 25.0 Å². The van der Waals surface area contributed by atoms with Gasteiger partial charge in [-0.1, -0.05) is 6.07 Å². The normalized spacial score (nSPS) is 18.4. The van der Waals surface area contributed by atoms with Crippen LogP contribution in [0.25, 0.3) is 0 Å². The van der Waals surface area contributed by atoms with E-state index in [9.17, 15) is 13.2 Å². The van der Waals surface area contributed by atoms with E-state index in [1.165, 1.54) is 12.4 Å². The van der Waals surface area contributed by atoms with Crippen molar-refractivity contribution < 1.29 is 13.2 Å². The molecular formula is C17H21N5O3S. The molecule has 1 amide bonds. The molecule has 3 heterocycles. The molecule has 1 saturated heterocycles. The monoisotopic (exact) mass is 375 g/mol. The first-order valence-electron chi connectivity index (χ1n) is 8.44. The van der Waals surface area contributed by atoms with Gasteiger partial charge in [-0.15, -0.1) is 0 Å². The molecule has 0 saturated carbocycles. The molecule has 3 rings (SSSR count). The van der Waals surface area contributed by atoms with E-state index in [0.717, 1.165) is 5.56 Å². The molecule has 1 unspecified atom stereocenters. The standard InChI is InChI=1S/C17H21N5O3S/c1-2-22(14-5-7-26(24,25)12-14)17(23)15-10-21-16(11-19-15)20-9-13-4-3-6-18-8-13/h3-4,6,8,10-11,14H,2,5,7,9,12H2,1H3,(H,20,21). The van der Waals surface area contributed by atoms with Crippen LogP contribution in [0.1, 0.15) is 29.4 Å². The Morgan fingerprint density at radius 1 is 1.31 bits per heavy atom. The molecule has 26 heavy (non-hydrogen) atoms. The number of hydrogen-bond acceptors (Lipinski definition) is 7. The molecule has 1 N–H and O–H groups in total. The first-order chi connectivity index (χ1) is 12.5. The zero-order valence-electron chi connectivity index (χ0n) is 14.5. The summed E-state index contributed by atoms with van der Waals surface area (Å²) in [4.78, 5) is 26.7. The number of amides is 1. The Labute approximate surface area is 152 Å². The Morgan fingerprint density at radius 3 is 2.73 bits per heavy atom. The molecule has 9 heteroatoms. The van der Waals surface area contributed by atoms with Crippen LogP contribution >= 0.6 is 0 Å². The van der Waals surface area contributed by atoms with Crippen LogP contribution in [-0.2, 0) is 16.4 Å². The van der Waals surface area contributed by atoms with E-state index < -0.39 is 9.84 Å². The topological polar surface area (TPSA) is 105 Å². The third-order valence-electron chi connectivity index (χ3n) is 4.32. The SMILES string of the molecule is CCN(C(=O)c1cnc(NCc2cccnc2)cn1)C1CCS(=O)(=O)C1. The molecule has 1 aliphatic rings. The molecule has 0 spiro atoms. The number of nitrogens with one attached hydrogen (secondary N) is 1. The second-order valence-corrected chi connectivity index (χ2v) is 8.38. The van der Waals surface area contributed by atoms with Crippen LogP contribution in [0.4, 0.5) is 5.82 Å². The van der Waals surface area contributed by atoms with Crippen LogP contribution in [0, 0.1) is 0 Å². The van der Waals surface area contributed by atoms with Crippen LogP contribution in [0.2, 0.25) is 0 Å². The number of nitrogens with zero attached hydrogens (tertiary/aromatic N) is 4. The van der Waals surface area contributed by atoms with Gasteiger partial charge in [0.05, 0.1) is 23.9 Å². The summed E-state index contributed by atoms with van der Waals surface area (Å²) in [5.41, 5.74) is 1.22. The minimum absolute atomic E-state index is 0.0186. The van der Waals surface area contributed by atoms with E-state index in [2.05, 4.69) is 20.3 Å². The van der Waals surface area contributed by atoms with Gasteiger partial charge in [-0.2, -0.15) is 0 Å². The Morgan fingerprint density at radius 2 is 2.15 bits per heavy atom. The first-order valence-corrected chi connectivity index (χ1v) is 10.3. The van der Waals surface area contributed by atoms with Crippen LogP contribution in [0.15, 0.2) is 36.9 Å². The first kappa shape index (κ1) is 18.2. The number of carbonyl (C=O) groups excluding carboxylic acids is 1. The lowest BCUT2D eigenvalue weighted by Crippen LogP contribution is -2.41. The van der Waals surface area contributed by atoms with Gasteiger partial charge in [-0.3, -0.25) is 9.78 Å². The predicted octanol–water partition coefficient (Wildman–Crippen LogP) is 1.13. The highest BCUT2D eigenvalue weighted by Gasteiger charge is 2.34. The zero-order valence-corrected chi connectivity index (χ0v) is 15.3. The minimum Gasteiger partial charge on any atom is -0.365 e. The fourth-order valence-electron chi connectivity index (χ4n) is 2.96. The number of pyridine rings is 1. The largest absolute Gasteiger partial charge is 0.365 e. The molecule has 1 atom stereocenters. The Balaban J connectivity index is 1.64. The highest BCUT2D eigenvalue weighted by atomic mass is 32.2. The molecule has 1 aliphatic heterocycles. The van der Waals surface area contributed by atoms with Gasteiger partial charge >= 0.3 is 0 Å². The molecule has 0 radical (unpaired) electrons. The van der Waals surface area contributed by atoms with Crippen LogP contribution < -0.4 is 5.32 Å². The molecule has 2 aromatic heterocycles. The third kappa shape index (κ3) is 4.34. The summed E-state index contributed by atoms with van der Waals surface area (Å²) in [6, 6.07) is 3.51. The summed E-state index contributed by atoms with van der Waals surface area (Å²) in [6.45, 7) is 2.82. The summed E-state index contributed by atoms with van der Waals surface area (Å²) in [7, 11) is -3.05. The average Bonchev–Trinajstić information content (AvgIpc) is 3.01.